The minimum Gasteiger partial charge on any atom is -0.478 e. The maximum atomic E-state index is 10.6. The Hall–Kier alpha value is -3.12. The van der Waals surface area contributed by atoms with Gasteiger partial charge in [0.15, 0.2) is 0 Å². The minimum absolute atomic E-state index is 0.567. The molecule has 22 heavy (non-hydrogen) atoms. The van der Waals surface area contributed by atoms with E-state index in [2.05, 4.69) is 6.07 Å². The molecule has 0 atom stereocenters. The predicted octanol–water partition coefficient (Wildman–Crippen LogP) is 3.94. The van der Waals surface area contributed by atoms with Crippen molar-refractivity contribution in [3.05, 3.63) is 89.0 Å². The summed E-state index contributed by atoms with van der Waals surface area (Å²) < 4.78 is 0. The molecule has 0 spiro atoms. The monoisotopic (exact) mass is 289 g/mol. The lowest BCUT2D eigenvalue weighted by molar-refractivity contribution is -0.131. The van der Waals surface area contributed by atoms with Crippen LogP contribution in [0.25, 0.3) is 5.57 Å². The van der Waals surface area contributed by atoms with Crippen molar-refractivity contribution in [2.75, 3.05) is 0 Å². The molecule has 0 aromatic heterocycles. The zero-order chi connectivity index (χ0) is 15.9. The molecule has 0 aliphatic carbocycles. The van der Waals surface area contributed by atoms with Gasteiger partial charge in [-0.25, -0.2) is 4.79 Å². The van der Waals surface area contributed by atoms with Gasteiger partial charge in [0, 0.05) is 6.08 Å². The Balaban J connectivity index is 2.52. The summed E-state index contributed by atoms with van der Waals surface area (Å²) in [7, 11) is 0. The molecule has 1 N–H and O–H groups in total. The molecule has 2 aromatic rings. The zero-order valence-corrected chi connectivity index (χ0v) is 12.2. The number of nitriles is 1. The number of nitrogens with zero attached hydrogens (tertiary/aromatic N) is 1. The summed E-state index contributed by atoms with van der Waals surface area (Å²) in [5.41, 5.74) is 4.43. The molecule has 0 amide bonds. The smallest absolute Gasteiger partial charge is 0.328 e. The van der Waals surface area contributed by atoms with Gasteiger partial charge in [0.25, 0.3) is 0 Å². The highest BCUT2D eigenvalue weighted by Gasteiger charge is 2.05. The molecule has 0 saturated heterocycles. The van der Waals surface area contributed by atoms with Gasteiger partial charge in [-0.2, -0.15) is 5.26 Å². The number of hydrogen-bond acceptors (Lipinski definition) is 2. The van der Waals surface area contributed by atoms with Crippen LogP contribution in [0.3, 0.4) is 0 Å². The SMILES string of the molecule is Cc1ccc(/C(=C/C=C/C(=O)O)c2cccc(C#N)c2)cc1. The Kier molecular flexibility index (Phi) is 4.89. The Morgan fingerprint density at radius 3 is 2.50 bits per heavy atom. The van der Waals surface area contributed by atoms with Crippen LogP contribution in [-0.4, -0.2) is 11.1 Å². The highest BCUT2D eigenvalue weighted by molar-refractivity contribution is 5.84. The number of carbonyl (C=O) groups is 1. The van der Waals surface area contributed by atoms with Gasteiger partial charge < -0.3 is 5.11 Å². The average Bonchev–Trinajstić information content (AvgIpc) is 2.52. The molecule has 0 fully saturated rings. The molecular formula is C19H15NO2. The van der Waals surface area contributed by atoms with Gasteiger partial charge in [0.2, 0.25) is 0 Å². The van der Waals surface area contributed by atoms with Crippen LogP contribution < -0.4 is 0 Å². The number of benzene rings is 2. The van der Waals surface area contributed by atoms with Crippen LogP contribution in [0.4, 0.5) is 0 Å². The second kappa shape index (κ2) is 7.05. The van der Waals surface area contributed by atoms with Gasteiger partial charge in [-0.3, -0.25) is 0 Å². The average molecular weight is 289 g/mol. The molecule has 0 bridgehead atoms. The van der Waals surface area contributed by atoms with Crippen molar-refractivity contribution in [2.24, 2.45) is 0 Å². The first-order valence-corrected chi connectivity index (χ1v) is 6.79. The number of rotatable bonds is 4. The summed E-state index contributed by atoms with van der Waals surface area (Å²) >= 11 is 0. The maximum absolute atomic E-state index is 10.6. The van der Waals surface area contributed by atoms with Crippen LogP contribution in [-0.2, 0) is 4.79 Å². The van der Waals surface area contributed by atoms with Gasteiger partial charge in [-0.15, -0.1) is 0 Å². The van der Waals surface area contributed by atoms with E-state index in [1.807, 2.05) is 43.3 Å². The van der Waals surface area contributed by atoms with Crippen LogP contribution >= 0.6 is 0 Å². The van der Waals surface area contributed by atoms with E-state index in [1.54, 1.807) is 18.2 Å². The molecule has 0 saturated carbocycles. The summed E-state index contributed by atoms with van der Waals surface area (Å²) in [6.07, 6.45) is 4.33. The minimum atomic E-state index is -0.995. The lowest BCUT2D eigenvalue weighted by Gasteiger charge is -2.08. The van der Waals surface area contributed by atoms with E-state index >= 15 is 0 Å². The lowest BCUT2D eigenvalue weighted by atomic mass is 9.95. The number of aliphatic carboxylic acids is 1. The van der Waals surface area contributed by atoms with Crippen molar-refractivity contribution in [1.29, 1.82) is 5.26 Å². The van der Waals surface area contributed by atoms with E-state index in [9.17, 15) is 4.79 Å². The van der Waals surface area contributed by atoms with Crippen molar-refractivity contribution < 1.29 is 9.90 Å². The predicted molar refractivity (Wildman–Crippen MR) is 86.2 cm³/mol. The maximum Gasteiger partial charge on any atom is 0.328 e. The highest BCUT2D eigenvalue weighted by Crippen LogP contribution is 2.24. The molecule has 0 aliphatic heterocycles. The molecule has 2 aromatic carbocycles. The Labute approximate surface area is 129 Å². The molecule has 0 radical (unpaired) electrons. The summed E-state index contributed by atoms with van der Waals surface area (Å²) in [5, 5.41) is 17.8. The Morgan fingerprint density at radius 1 is 1.14 bits per heavy atom. The molecule has 3 heteroatoms. The number of hydrogen-bond donors (Lipinski definition) is 1. The number of carboxylic acid groups (broad SMARTS) is 1. The fourth-order valence-corrected chi connectivity index (χ4v) is 2.08. The van der Waals surface area contributed by atoms with Gasteiger partial charge in [0.1, 0.15) is 0 Å². The number of aryl methyl sites for hydroxylation is 1. The van der Waals surface area contributed by atoms with Crippen LogP contribution in [0.2, 0.25) is 0 Å². The van der Waals surface area contributed by atoms with Crippen molar-refractivity contribution in [3.63, 3.8) is 0 Å². The molecule has 2 rings (SSSR count). The third-order valence-electron chi connectivity index (χ3n) is 3.17. The third kappa shape index (κ3) is 3.94. The van der Waals surface area contributed by atoms with Gasteiger partial charge in [-0.05, 0) is 35.8 Å². The fraction of sp³-hybridized carbons (Fsp3) is 0.0526. The standard InChI is InChI=1S/C19H15NO2/c1-14-8-10-16(11-9-14)18(6-3-7-19(21)22)17-5-2-4-15(12-17)13-20/h2-12H,1H3,(H,21,22)/b7-3+,18-6-. The molecule has 0 heterocycles. The first-order chi connectivity index (χ1) is 10.6. The zero-order valence-electron chi connectivity index (χ0n) is 12.2. The van der Waals surface area contributed by atoms with E-state index in [4.69, 9.17) is 10.4 Å². The molecule has 108 valence electrons. The van der Waals surface area contributed by atoms with Gasteiger partial charge >= 0.3 is 5.97 Å². The summed E-state index contributed by atoms with van der Waals surface area (Å²) in [5.74, 6) is -0.995. The normalized spacial score (nSPS) is 11.4. The summed E-state index contributed by atoms with van der Waals surface area (Å²) in [6, 6.07) is 17.3. The third-order valence-corrected chi connectivity index (χ3v) is 3.17. The van der Waals surface area contributed by atoms with Crippen molar-refractivity contribution in [2.45, 2.75) is 6.92 Å². The first-order valence-electron chi connectivity index (χ1n) is 6.79. The van der Waals surface area contributed by atoms with Gasteiger partial charge in [-0.1, -0.05) is 54.1 Å². The van der Waals surface area contributed by atoms with Crippen LogP contribution in [0, 0.1) is 18.3 Å². The van der Waals surface area contributed by atoms with Crippen molar-refractivity contribution >= 4 is 11.5 Å². The Morgan fingerprint density at radius 2 is 1.86 bits per heavy atom. The second-order valence-corrected chi connectivity index (χ2v) is 4.84. The van der Waals surface area contributed by atoms with Gasteiger partial charge in [0.05, 0.1) is 11.6 Å². The molecule has 3 nitrogen and oxygen atoms in total. The topological polar surface area (TPSA) is 61.1 Å². The van der Waals surface area contributed by atoms with Crippen LogP contribution in [0.5, 0.6) is 0 Å². The largest absolute Gasteiger partial charge is 0.478 e. The van der Waals surface area contributed by atoms with Crippen LogP contribution in [0.15, 0.2) is 66.8 Å². The number of allylic oxidation sites excluding steroid dienone is 2. The van der Waals surface area contributed by atoms with E-state index in [0.29, 0.717) is 5.56 Å². The van der Waals surface area contributed by atoms with Crippen molar-refractivity contribution in [3.8, 4) is 6.07 Å². The Bertz CT molecular complexity index is 778. The quantitative estimate of drug-likeness (QED) is 0.685. The molecular weight excluding hydrogens is 274 g/mol. The van der Waals surface area contributed by atoms with Crippen LogP contribution in [0.1, 0.15) is 22.3 Å². The highest BCUT2D eigenvalue weighted by atomic mass is 16.4. The second-order valence-electron chi connectivity index (χ2n) is 4.84. The summed E-state index contributed by atoms with van der Waals surface area (Å²) in [6.45, 7) is 2.01. The first kappa shape index (κ1) is 15.3. The lowest BCUT2D eigenvalue weighted by Crippen LogP contribution is -1.90. The summed E-state index contributed by atoms with van der Waals surface area (Å²) in [4.78, 5) is 10.6. The van der Waals surface area contributed by atoms with E-state index in [1.165, 1.54) is 6.08 Å². The number of carboxylic acids is 1. The molecule has 0 unspecified atom stereocenters. The van der Waals surface area contributed by atoms with E-state index < -0.39 is 5.97 Å². The van der Waals surface area contributed by atoms with E-state index in [-0.39, 0.29) is 0 Å². The van der Waals surface area contributed by atoms with E-state index in [0.717, 1.165) is 28.3 Å². The van der Waals surface area contributed by atoms with Crippen molar-refractivity contribution in [1.82, 2.24) is 0 Å². The fourth-order valence-electron chi connectivity index (χ4n) is 2.08. The molecule has 0 aliphatic rings.